The van der Waals surface area contributed by atoms with Gasteiger partial charge in [-0.05, 0) is 53.2 Å². The minimum atomic E-state index is -0.826. The predicted octanol–water partition coefficient (Wildman–Crippen LogP) is 4.90. The number of nitrogens with one attached hydrogen (secondary N) is 1. The summed E-state index contributed by atoms with van der Waals surface area (Å²) in [6, 6.07) is 6.59. The van der Waals surface area contributed by atoms with Gasteiger partial charge in [0.1, 0.15) is 34.3 Å². The second kappa shape index (κ2) is 8.74. The lowest BCUT2D eigenvalue weighted by Crippen LogP contribution is -2.13. The predicted molar refractivity (Wildman–Crippen MR) is 107 cm³/mol. The van der Waals surface area contributed by atoms with Crippen LogP contribution in [0.1, 0.15) is 21.6 Å². The molecule has 0 aliphatic heterocycles. The summed E-state index contributed by atoms with van der Waals surface area (Å²) < 4.78 is 52.0. The number of aromatic amines is 1. The number of benzene rings is 2. The molecule has 9 heteroatoms. The Kier molecular flexibility index (Phi) is 6.31. The number of H-pyrrole nitrogens is 1. The molecule has 0 amide bonds. The number of hydrogen-bond acceptors (Lipinski definition) is 4. The van der Waals surface area contributed by atoms with Crippen molar-refractivity contribution < 1.29 is 27.4 Å². The minimum absolute atomic E-state index is 0.0260. The highest BCUT2D eigenvalue weighted by atomic mass is 79.9. The lowest BCUT2D eigenvalue weighted by atomic mass is 10.00. The Bertz CT molecular complexity index is 1190. The highest BCUT2D eigenvalue weighted by Gasteiger charge is 2.22. The fraction of sp³-hybridized carbons (Fsp3) is 0.143. The summed E-state index contributed by atoms with van der Waals surface area (Å²) >= 11 is 3.12. The van der Waals surface area contributed by atoms with Gasteiger partial charge >= 0.3 is 5.97 Å². The van der Waals surface area contributed by atoms with Crippen LogP contribution in [0, 0.1) is 24.4 Å². The lowest BCUT2D eigenvalue weighted by molar-refractivity contribution is 0.0600. The largest absolute Gasteiger partial charge is 0.487 e. The van der Waals surface area contributed by atoms with Crippen molar-refractivity contribution >= 4 is 21.9 Å². The normalized spacial score (nSPS) is 10.7. The molecule has 0 atom stereocenters. The molecule has 0 radical (unpaired) electrons. The van der Waals surface area contributed by atoms with Gasteiger partial charge in [-0.25, -0.2) is 18.0 Å². The van der Waals surface area contributed by atoms with Gasteiger partial charge in [0.05, 0.1) is 12.7 Å². The molecule has 0 saturated heterocycles. The summed E-state index contributed by atoms with van der Waals surface area (Å²) in [5.41, 5.74) is -0.0228. The van der Waals surface area contributed by atoms with E-state index in [0.29, 0.717) is 6.07 Å². The third-order valence-corrected chi connectivity index (χ3v) is 5.07. The average Bonchev–Trinajstić information content (AvgIpc) is 2.71. The molecule has 0 bridgehead atoms. The summed E-state index contributed by atoms with van der Waals surface area (Å²) in [5.74, 6) is -2.98. The minimum Gasteiger partial charge on any atom is -0.487 e. The molecule has 0 aliphatic carbocycles. The van der Waals surface area contributed by atoms with Crippen molar-refractivity contribution in [2.24, 2.45) is 0 Å². The van der Waals surface area contributed by atoms with Gasteiger partial charge in [0.25, 0.3) is 5.56 Å². The molecule has 0 spiro atoms. The van der Waals surface area contributed by atoms with Gasteiger partial charge in [0.15, 0.2) is 0 Å². The van der Waals surface area contributed by atoms with Crippen LogP contribution in [-0.2, 0) is 11.3 Å². The Labute approximate surface area is 177 Å². The number of carbonyl (C=O) groups is 1. The molecule has 2 aromatic carbocycles. The van der Waals surface area contributed by atoms with Crippen molar-refractivity contribution in [1.29, 1.82) is 0 Å². The van der Waals surface area contributed by atoms with Crippen molar-refractivity contribution in [3.05, 3.63) is 85.5 Å². The molecular formula is C21H15BrF3NO4. The van der Waals surface area contributed by atoms with Crippen LogP contribution in [0.5, 0.6) is 5.75 Å². The monoisotopic (exact) mass is 481 g/mol. The molecule has 5 nitrogen and oxygen atoms in total. The van der Waals surface area contributed by atoms with Crippen LogP contribution < -0.4 is 10.3 Å². The lowest BCUT2D eigenvalue weighted by Gasteiger charge is -2.17. The van der Waals surface area contributed by atoms with E-state index in [4.69, 9.17) is 4.74 Å². The molecule has 3 aromatic rings. The molecule has 30 heavy (non-hydrogen) atoms. The van der Waals surface area contributed by atoms with Gasteiger partial charge in [-0.15, -0.1) is 0 Å². The number of aromatic nitrogens is 1. The fourth-order valence-corrected chi connectivity index (χ4v) is 3.29. The van der Waals surface area contributed by atoms with Crippen molar-refractivity contribution in [1.82, 2.24) is 4.98 Å². The Balaban J connectivity index is 2.13. The van der Waals surface area contributed by atoms with Crippen molar-refractivity contribution in [2.45, 2.75) is 13.5 Å². The van der Waals surface area contributed by atoms with Gasteiger partial charge in [-0.2, -0.15) is 0 Å². The number of ether oxygens (including phenoxy) is 2. The van der Waals surface area contributed by atoms with E-state index in [2.05, 4.69) is 25.7 Å². The quantitative estimate of drug-likeness (QED) is 0.526. The molecule has 1 N–H and O–H groups in total. The van der Waals surface area contributed by atoms with Crippen molar-refractivity contribution in [3.63, 3.8) is 0 Å². The van der Waals surface area contributed by atoms with Crippen LogP contribution in [0.3, 0.4) is 0 Å². The summed E-state index contributed by atoms with van der Waals surface area (Å²) in [6.07, 6.45) is 0. The number of aryl methyl sites for hydroxylation is 1. The molecule has 0 saturated carbocycles. The molecule has 3 rings (SSSR count). The Morgan fingerprint density at radius 3 is 2.50 bits per heavy atom. The van der Waals surface area contributed by atoms with Crippen LogP contribution in [0.2, 0.25) is 0 Å². The summed E-state index contributed by atoms with van der Waals surface area (Å²) in [6.45, 7) is 1.18. The molecule has 1 aromatic heterocycles. The number of hydrogen-bond donors (Lipinski definition) is 1. The van der Waals surface area contributed by atoms with Crippen LogP contribution in [-0.4, -0.2) is 18.1 Å². The first-order valence-corrected chi connectivity index (χ1v) is 9.39. The molecule has 1 heterocycles. The summed E-state index contributed by atoms with van der Waals surface area (Å²) in [5, 5.41) is 0. The molecule has 0 aliphatic rings. The maximum Gasteiger partial charge on any atom is 0.337 e. The van der Waals surface area contributed by atoms with E-state index < -0.39 is 29.0 Å². The van der Waals surface area contributed by atoms with E-state index >= 15 is 0 Å². The van der Waals surface area contributed by atoms with Crippen molar-refractivity contribution in [2.75, 3.05) is 7.11 Å². The van der Waals surface area contributed by atoms with Crippen LogP contribution in [0.4, 0.5) is 13.2 Å². The van der Waals surface area contributed by atoms with E-state index in [9.17, 15) is 22.8 Å². The van der Waals surface area contributed by atoms with Gasteiger partial charge in [0, 0.05) is 28.5 Å². The van der Waals surface area contributed by atoms with Crippen LogP contribution in [0.25, 0.3) is 11.1 Å². The molecular weight excluding hydrogens is 467 g/mol. The number of pyridine rings is 1. The van der Waals surface area contributed by atoms with E-state index in [1.54, 1.807) is 0 Å². The Hall–Kier alpha value is -3.07. The topological polar surface area (TPSA) is 68.4 Å². The molecule has 156 valence electrons. The zero-order valence-electron chi connectivity index (χ0n) is 15.8. The number of carbonyl (C=O) groups excluding carboxylic acids is 1. The molecule has 0 fully saturated rings. The van der Waals surface area contributed by atoms with Gasteiger partial charge in [0.2, 0.25) is 0 Å². The van der Waals surface area contributed by atoms with E-state index in [1.807, 2.05) is 0 Å². The smallest absolute Gasteiger partial charge is 0.337 e. The standard InChI is InChI=1S/C21H15BrF3NO4/c1-10-17(14-7-11(21(28)29-2)4-6-15(14)24)19(18(22)20(27)26-10)30-9-12-3-5-13(23)8-16(12)25/h3-8H,9H2,1-2H3,(H,26,27). The first-order valence-electron chi connectivity index (χ1n) is 8.60. The third-order valence-electron chi connectivity index (χ3n) is 4.35. The summed E-state index contributed by atoms with van der Waals surface area (Å²) in [7, 11) is 1.19. The number of methoxy groups -OCH3 is 1. The van der Waals surface area contributed by atoms with E-state index in [0.717, 1.165) is 12.1 Å². The zero-order chi connectivity index (χ0) is 22.0. The number of esters is 1. The number of halogens is 4. The van der Waals surface area contributed by atoms with Crippen LogP contribution >= 0.6 is 15.9 Å². The average molecular weight is 482 g/mol. The zero-order valence-corrected chi connectivity index (χ0v) is 17.4. The summed E-state index contributed by atoms with van der Waals surface area (Å²) in [4.78, 5) is 26.6. The SMILES string of the molecule is COC(=O)c1ccc(F)c(-c2c(C)[nH]c(=O)c(Br)c2OCc2ccc(F)cc2F)c1. The molecule has 0 unspecified atom stereocenters. The highest BCUT2D eigenvalue weighted by Crippen LogP contribution is 2.38. The second-order valence-electron chi connectivity index (χ2n) is 6.31. The van der Waals surface area contributed by atoms with E-state index in [-0.39, 0.29) is 44.8 Å². The number of rotatable bonds is 5. The van der Waals surface area contributed by atoms with E-state index in [1.165, 1.54) is 32.2 Å². The fourth-order valence-electron chi connectivity index (χ4n) is 2.88. The third kappa shape index (κ3) is 4.25. The van der Waals surface area contributed by atoms with Gasteiger partial charge in [-0.1, -0.05) is 0 Å². The van der Waals surface area contributed by atoms with Gasteiger partial charge < -0.3 is 14.5 Å². The maximum absolute atomic E-state index is 14.7. The maximum atomic E-state index is 14.7. The van der Waals surface area contributed by atoms with Crippen LogP contribution in [0.15, 0.2) is 45.7 Å². The Morgan fingerprint density at radius 1 is 1.10 bits per heavy atom. The van der Waals surface area contributed by atoms with Crippen molar-refractivity contribution in [3.8, 4) is 16.9 Å². The first kappa shape index (κ1) is 21.6. The highest BCUT2D eigenvalue weighted by molar-refractivity contribution is 9.10. The Morgan fingerprint density at radius 2 is 1.83 bits per heavy atom. The van der Waals surface area contributed by atoms with Gasteiger partial charge in [-0.3, -0.25) is 4.79 Å². The second-order valence-corrected chi connectivity index (χ2v) is 7.10. The first-order chi connectivity index (χ1) is 14.2.